The molecule has 0 unspecified atom stereocenters. The van der Waals surface area contributed by atoms with Crippen molar-refractivity contribution in [3.8, 4) is 0 Å². The lowest BCUT2D eigenvalue weighted by atomic mass is 10.0. The van der Waals surface area contributed by atoms with E-state index < -0.39 is 0 Å². The minimum Gasteiger partial charge on any atom is -0.301 e. The fourth-order valence-corrected chi connectivity index (χ4v) is 2.08. The van der Waals surface area contributed by atoms with Gasteiger partial charge in [0, 0.05) is 5.57 Å². The minimum absolute atomic E-state index is 0.203. The number of hydroxylamine groups is 1. The molecule has 0 aromatic heterocycles. The molecule has 0 fully saturated rings. The Kier molecular flexibility index (Phi) is 2.25. The van der Waals surface area contributed by atoms with Crippen LogP contribution in [0.3, 0.4) is 0 Å². The maximum atomic E-state index is 12.2. The van der Waals surface area contributed by atoms with Crippen molar-refractivity contribution < 1.29 is 10.0 Å². The van der Waals surface area contributed by atoms with Gasteiger partial charge in [-0.2, -0.15) is 0 Å². The second-order valence-electron chi connectivity index (χ2n) is 4.08. The van der Waals surface area contributed by atoms with Gasteiger partial charge in [0.15, 0.2) is 0 Å². The zero-order valence-electron chi connectivity index (χ0n) is 9.42. The van der Waals surface area contributed by atoms with E-state index in [1.54, 1.807) is 48.6 Å². The Morgan fingerprint density at radius 1 is 1.06 bits per heavy atom. The number of benzene rings is 1. The fraction of sp³-hybridized carbons (Fsp3) is 0. The van der Waals surface area contributed by atoms with Gasteiger partial charge in [0.2, 0.25) is 5.78 Å². The molecule has 0 atom stereocenters. The maximum Gasteiger partial charge on any atom is 0.214 e. The van der Waals surface area contributed by atoms with E-state index in [0.717, 1.165) is 5.06 Å². The second-order valence-corrected chi connectivity index (χ2v) is 4.08. The van der Waals surface area contributed by atoms with Crippen molar-refractivity contribution in [3.63, 3.8) is 0 Å². The first kappa shape index (κ1) is 10.7. The summed E-state index contributed by atoms with van der Waals surface area (Å²) in [5.41, 5.74) is 2.19. The Labute approximate surface area is 104 Å². The van der Waals surface area contributed by atoms with Crippen LogP contribution < -0.4 is 5.06 Å². The Hall–Kier alpha value is -2.46. The summed E-state index contributed by atoms with van der Waals surface area (Å²) < 4.78 is 0. The van der Waals surface area contributed by atoms with Crippen LogP contribution in [0.1, 0.15) is 10.4 Å². The topological polar surface area (TPSA) is 64.4 Å². The third kappa shape index (κ3) is 1.43. The van der Waals surface area contributed by atoms with Crippen molar-refractivity contribution in [3.05, 3.63) is 65.4 Å². The Balaban J connectivity index is 2.16. The van der Waals surface area contributed by atoms with E-state index in [2.05, 4.69) is 0 Å². The SMILES string of the molecule is N=C1C=CC(=C2C(=O)c3ccccc3N2O)C=C1. The Morgan fingerprint density at radius 3 is 2.39 bits per heavy atom. The summed E-state index contributed by atoms with van der Waals surface area (Å²) >= 11 is 0. The normalized spacial score (nSPS) is 17.7. The van der Waals surface area contributed by atoms with Crippen LogP contribution in [0.4, 0.5) is 5.69 Å². The molecule has 4 nitrogen and oxygen atoms in total. The number of allylic oxidation sites excluding steroid dienone is 6. The zero-order valence-corrected chi connectivity index (χ0v) is 9.42. The van der Waals surface area contributed by atoms with Crippen LogP contribution >= 0.6 is 0 Å². The maximum absolute atomic E-state index is 12.2. The minimum atomic E-state index is -0.203. The summed E-state index contributed by atoms with van der Waals surface area (Å²) in [6, 6.07) is 6.91. The number of fused-ring (bicyclic) bond motifs is 1. The first-order chi connectivity index (χ1) is 8.68. The molecule has 0 saturated carbocycles. The summed E-state index contributed by atoms with van der Waals surface area (Å²) in [4.78, 5) is 12.2. The summed E-state index contributed by atoms with van der Waals surface area (Å²) in [5, 5.41) is 18.4. The highest BCUT2D eigenvalue weighted by atomic mass is 16.5. The van der Waals surface area contributed by atoms with E-state index in [1.165, 1.54) is 0 Å². The number of carbonyl (C=O) groups excluding carboxylic acids is 1. The molecule has 0 spiro atoms. The lowest BCUT2D eigenvalue weighted by Gasteiger charge is -2.13. The van der Waals surface area contributed by atoms with Crippen LogP contribution in [0.5, 0.6) is 0 Å². The fourth-order valence-electron chi connectivity index (χ4n) is 2.08. The molecular formula is C14H10N2O2. The lowest BCUT2D eigenvalue weighted by Crippen LogP contribution is -2.17. The lowest BCUT2D eigenvalue weighted by molar-refractivity contribution is 0.102. The average molecular weight is 238 g/mol. The number of carbonyl (C=O) groups is 1. The van der Waals surface area contributed by atoms with Gasteiger partial charge in [-0.1, -0.05) is 24.3 Å². The molecule has 4 heteroatoms. The van der Waals surface area contributed by atoms with Gasteiger partial charge >= 0.3 is 0 Å². The molecule has 0 saturated heterocycles. The van der Waals surface area contributed by atoms with Crippen LogP contribution in [0.2, 0.25) is 0 Å². The number of nitrogens with one attached hydrogen (secondary N) is 1. The molecule has 2 aliphatic rings. The third-order valence-corrected chi connectivity index (χ3v) is 2.96. The molecule has 1 aliphatic carbocycles. The molecule has 18 heavy (non-hydrogen) atoms. The highest BCUT2D eigenvalue weighted by molar-refractivity contribution is 6.19. The van der Waals surface area contributed by atoms with Crippen LogP contribution in [-0.2, 0) is 0 Å². The number of para-hydroxylation sites is 1. The van der Waals surface area contributed by atoms with Crippen molar-refractivity contribution in [1.82, 2.24) is 0 Å². The molecule has 88 valence electrons. The second kappa shape index (κ2) is 3.78. The number of nitrogens with zero attached hydrogens (tertiary/aromatic N) is 1. The van der Waals surface area contributed by atoms with E-state index in [-0.39, 0.29) is 11.5 Å². The monoisotopic (exact) mass is 238 g/mol. The summed E-state index contributed by atoms with van der Waals surface area (Å²) in [6.07, 6.45) is 6.49. The first-order valence-electron chi connectivity index (χ1n) is 5.50. The molecule has 2 N–H and O–H groups in total. The molecule has 1 heterocycles. The van der Waals surface area contributed by atoms with E-state index in [0.29, 0.717) is 22.5 Å². The predicted molar refractivity (Wildman–Crippen MR) is 68.1 cm³/mol. The molecule has 0 radical (unpaired) electrons. The van der Waals surface area contributed by atoms with Gasteiger partial charge in [-0.15, -0.1) is 0 Å². The first-order valence-corrected chi connectivity index (χ1v) is 5.50. The quantitative estimate of drug-likeness (QED) is 0.682. The number of hydrogen-bond donors (Lipinski definition) is 2. The van der Waals surface area contributed by atoms with Gasteiger partial charge in [0.05, 0.1) is 17.0 Å². The number of anilines is 1. The van der Waals surface area contributed by atoms with E-state index in [4.69, 9.17) is 5.41 Å². The van der Waals surface area contributed by atoms with E-state index in [1.807, 2.05) is 0 Å². The standard InChI is InChI=1S/C14H10N2O2/c15-10-7-5-9(6-8-10)13-14(17)11-3-1-2-4-12(11)16(13)18/h1-8,15,18H. The van der Waals surface area contributed by atoms with Gasteiger partial charge in [0.1, 0.15) is 5.70 Å². The van der Waals surface area contributed by atoms with Crippen LogP contribution in [0.25, 0.3) is 0 Å². The predicted octanol–water partition coefficient (Wildman–Crippen LogP) is 2.48. The third-order valence-electron chi connectivity index (χ3n) is 2.96. The van der Waals surface area contributed by atoms with Crippen LogP contribution in [0.15, 0.2) is 59.8 Å². The average Bonchev–Trinajstić information content (AvgIpc) is 2.64. The van der Waals surface area contributed by atoms with Crippen LogP contribution in [-0.4, -0.2) is 16.7 Å². The number of Topliss-reactive ketones (excluding diaryl/α,β-unsaturated/α-hetero) is 1. The summed E-state index contributed by atoms with van der Waals surface area (Å²) in [7, 11) is 0. The van der Waals surface area contributed by atoms with Gasteiger partial charge in [0.25, 0.3) is 0 Å². The summed E-state index contributed by atoms with van der Waals surface area (Å²) in [6.45, 7) is 0. The summed E-state index contributed by atoms with van der Waals surface area (Å²) in [5.74, 6) is -0.203. The molecule has 3 rings (SSSR count). The van der Waals surface area contributed by atoms with Gasteiger partial charge in [-0.3, -0.25) is 10.0 Å². The van der Waals surface area contributed by atoms with Crippen molar-refractivity contribution >= 4 is 17.2 Å². The largest absolute Gasteiger partial charge is 0.301 e. The van der Waals surface area contributed by atoms with Gasteiger partial charge < -0.3 is 5.41 Å². The van der Waals surface area contributed by atoms with Gasteiger partial charge in [-0.25, -0.2) is 5.06 Å². The number of ketones is 1. The highest BCUT2D eigenvalue weighted by Crippen LogP contribution is 2.35. The molecule has 1 aliphatic heterocycles. The smallest absolute Gasteiger partial charge is 0.214 e. The van der Waals surface area contributed by atoms with E-state index in [9.17, 15) is 10.0 Å². The zero-order chi connectivity index (χ0) is 12.7. The van der Waals surface area contributed by atoms with Crippen LogP contribution in [0, 0.1) is 5.41 Å². The molecular weight excluding hydrogens is 228 g/mol. The van der Waals surface area contributed by atoms with Crippen molar-refractivity contribution in [2.45, 2.75) is 0 Å². The van der Waals surface area contributed by atoms with Gasteiger partial charge in [-0.05, 0) is 24.3 Å². The molecule has 0 bridgehead atoms. The molecule has 0 amide bonds. The van der Waals surface area contributed by atoms with E-state index >= 15 is 0 Å². The molecule has 1 aromatic carbocycles. The number of hydrogen-bond acceptors (Lipinski definition) is 4. The number of rotatable bonds is 0. The van der Waals surface area contributed by atoms with Crippen molar-refractivity contribution in [2.24, 2.45) is 0 Å². The van der Waals surface area contributed by atoms with Crippen molar-refractivity contribution in [1.29, 1.82) is 5.41 Å². The molecule has 1 aromatic rings. The highest BCUT2D eigenvalue weighted by Gasteiger charge is 2.32. The Bertz CT molecular complexity index is 636. The Morgan fingerprint density at radius 2 is 1.72 bits per heavy atom. The van der Waals surface area contributed by atoms with Crippen molar-refractivity contribution in [2.75, 3.05) is 5.06 Å².